The van der Waals surface area contributed by atoms with Gasteiger partial charge in [-0.15, -0.1) is 0 Å². The lowest BCUT2D eigenvalue weighted by atomic mass is 9.83. The summed E-state index contributed by atoms with van der Waals surface area (Å²) in [6, 6.07) is 44.3. The average molecular weight is 736 g/mol. The lowest BCUT2D eigenvalue weighted by Gasteiger charge is -2.22. The number of hydrogen-bond acceptors (Lipinski definition) is 3. The maximum Gasteiger partial charge on any atom is 0.149 e. The fraction of sp³-hybridized carbons (Fsp3) is 0.192. The zero-order valence-corrected chi connectivity index (χ0v) is 33.1. The summed E-state index contributed by atoms with van der Waals surface area (Å²) < 4.78 is 34.5. The number of para-hydroxylation sites is 1. The molecule has 8 aromatic rings. The number of imidazole rings is 1. The maximum absolute atomic E-state index is 11.7. The van der Waals surface area contributed by atoms with Crippen molar-refractivity contribution in [1.82, 2.24) is 14.5 Å². The van der Waals surface area contributed by atoms with Gasteiger partial charge >= 0.3 is 0 Å². The largest absolute Gasteiger partial charge is 0.507 e. The monoisotopic (exact) mass is 735 g/mol. The SMILES string of the molecule is [2H]C([2H])([2H])c1ccc(-c2ccnc(-c3cc(-c4cccc5c4nc(-c4cc(C)cc(C)c4O)n5-c4ccc(C([2H])(C)C)cc4-c4ccccc4)cc(C(C)(C)C)c3)c2)cc1. The molecule has 4 heteroatoms. The number of phenolic OH excluding ortho intramolecular Hbond substituents is 1. The van der Waals surface area contributed by atoms with Crippen LogP contribution in [0.3, 0.4) is 0 Å². The van der Waals surface area contributed by atoms with E-state index in [2.05, 4.69) is 92.1 Å². The van der Waals surface area contributed by atoms with E-state index in [9.17, 15) is 5.11 Å². The van der Waals surface area contributed by atoms with Crippen molar-refractivity contribution in [3.8, 4) is 67.5 Å². The molecule has 0 aliphatic carbocycles. The molecule has 0 saturated heterocycles. The number of nitrogens with zero attached hydrogens (tertiary/aromatic N) is 3. The number of pyridine rings is 1. The third kappa shape index (κ3) is 6.92. The Hall–Kier alpha value is -6.26. The van der Waals surface area contributed by atoms with Crippen molar-refractivity contribution < 1.29 is 10.6 Å². The van der Waals surface area contributed by atoms with Crippen LogP contribution in [0, 0.1) is 20.7 Å². The van der Waals surface area contributed by atoms with E-state index in [1.165, 1.54) is 0 Å². The van der Waals surface area contributed by atoms with Crippen LogP contribution in [0.25, 0.3) is 72.7 Å². The number of aryl methyl sites for hydroxylation is 3. The Kier molecular flexibility index (Phi) is 8.25. The Labute approximate surface area is 336 Å². The summed E-state index contributed by atoms with van der Waals surface area (Å²) in [6.07, 6.45) is 1.80. The maximum atomic E-state index is 11.7. The fourth-order valence-electron chi connectivity index (χ4n) is 7.57. The van der Waals surface area contributed by atoms with E-state index in [-0.39, 0.29) is 11.2 Å². The molecule has 278 valence electrons. The molecule has 0 atom stereocenters. The zero-order chi connectivity index (χ0) is 42.7. The molecular formula is C52H49N3O. The minimum absolute atomic E-state index is 0.180. The molecule has 0 aliphatic heterocycles. The molecule has 2 aromatic heterocycles. The number of benzene rings is 6. The van der Waals surface area contributed by atoms with Gasteiger partial charge in [0.25, 0.3) is 0 Å². The van der Waals surface area contributed by atoms with Gasteiger partial charge in [0, 0.05) is 28.4 Å². The normalized spacial score (nSPS) is 13.3. The Morgan fingerprint density at radius 1 is 0.661 bits per heavy atom. The van der Waals surface area contributed by atoms with E-state index in [1.54, 1.807) is 18.3 Å². The topological polar surface area (TPSA) is 50.9 Å². The molecule has 4 nitrogen and oxygen atoms in total. The van der Waals surface area contributed by atoms with Gasteiger partial charge in [0.1, 0.15) is 11.6 Å². The molecule has 0 saturated carbocycles. The summed E-state index contributed by atoms with van der Waals surface area (Å²) in [6.45, 7) is 12.2. The van der Waals surface area contributed by atoms with Gasteiger partial charge in [-0.25, -0.2) is 4.98 Å². The van der Waals surface area contributed by atoms with E-state index in [0.29, 0.717) is 17.0 Å². The van der Waals surface area contributed by atoms with Crippen molar-refractivity contribution in [1.29, 1.82) is 0 Å². The van der Waals surface area contributed by atoms with Crippen LogP contribution in [0.2, 0.25) is 0 Å². The molecule has 8 rings (SSSR count). The fourth-order valence-corrected chi connectivity index (χ4v) is 7.57. The van der Waals surface area contributed by atoms with Crippen LogP contribution in [0.15, 0.2) is 140 Å². The van der Waals surface area contributed by atoms with E-state index in [4.69, 9.17) is 15.5 Å². The van der Waals surface area contributed by atoms with Gasteiger partial charge in [0.05, 0.1) is 28.0 Å². The Bertz CT molecular complexity index is 2900. The van der Waals surface area contributed by atoms with Crippen molar-refractivity contribution in [2.45, 2.75) is 66.6 Å². The zero-order valence-electron chi connectivity index (χ0n) is 37.1. The highest BCUT2D eigenvalue weighted by atomic mass is 16.3. The molecule has 0 radical (unpaired) electrons. The second-order valence-corrected chi connectivity index (χ2v) is 16.1. The van der Waals surface area contributed by atoms with E-state index >= 15 is 0 Å². The van der Waals surface area contributed by atoms with Crippen molar-refractivity contribution in [3.63, 3.8) is 0 Å². The highest BCUT2D eigenvalue weighted by Crippen LogP contribution is 2.43. The summed E-state index contributed by atoms with van der Waals surface area (Å²) in [4.78, 5) is 10.3. The first-order valence-electron chi connectivity index (χ1n) is 21.1. The second-order valence-electron chi connectivity index (χ2n) is 16.1. The summed E-state index contributed by atoms with van der Waals surface area (Å²) >= 11 is 0. The minimum Gasteiger partial charge on any atom is -0.507 e. The van der Waals surface area contributed by atoms with Gasteiger partial charge < -0.3 is 5.11 Å². The lowest BCUT2D eigenvalue weighted by molar-refractivity contribution is 0.472. The Morgan fingerprint density at radius 2 is 1.43 bits per heavy atom. The molecule has 0 fully saturated rings. The summed E-state index contributed by atoms with van der Waals surface area (Å²) in [5.41, 5.74) is 14.6. The number of hydrogen-bond donors (Lipinski definition) is 1. The van der Waals surface area contributed by atoms with Crippen LogP contribution in [0.1, 0.15) is 73.8 Å². The van der Waals surface area contributed by atoms with E-state index in [0.717, 1.165) is 83.6 Å². The third-order valence-corrected chi connectivity index (χ3v) is 10.7. The number of aromatic nitrogens is 3. The first kappa shape index (κ1) is 32.0. The molecule has 0 aliphatic rings. The van der Waals surface area contributed by atoms with Crippen molar-refractivity contribution in [2.75, 3.05) is 0 Å². The van der Waals surface area contributed by atoms with Gasteiger partial charge in [0.2, 0.25) is 0 Å². The van der Waals surface area contributed by atoms with Crippen molar-refractivity contribution in [2.24, 2.45) is 0 Å². The predicted molar refractivity (Wildman–Crippen MR) is 235 cm³/mol. The number of rotatable bonds is 7. The summed E-state index contributed by atoms with van der Waals surface area (Å²) in [5, 5.41) is 11.7. The lowest BCUT2D eigenvalue weighted by Crippen LogP contribution is -2.11. The smallest absolute Gasteiger partial charge is 0.149 e. The number of phenols is 1. The molecule has 0 bridgehead atoms. The Morgan fingerprint density at radius 3 is 2.16 bits per heavy atom. The van der Waals surface area contributed by atoms with Crippen molar-refractivity contribution >= 4 is 11.0 Å². The van der Waals surface area contributed by atoms with Crippen LogP contribution in [0.4, 0.5) is 0 Å². The van der Waals surface area contributed by atoms with Gasteiger partial charge in [0.15, 0.2) is 0 Å². The first-order chi connectivity index (χ1) is 28.4. The van der Waals surface area contributed by atoms with Gasteiger partial charge in [-0.05, 0) is 125 Å². The molecule has 6 aromatic carbocycles. The first-order valence-corrected chi connectivity index (χ1v) is 19.1. The number of fused-ring (bicyclic) bond motifs is 1. The summed E-state index contributed by atoms with van der Waals surface area (Å²) in [7, 11) is 0. The molecule has 0 spiro atoms. The molecule has 56 heavy (non-hydrogen) atoms. The van der Waals surface area contributed by atoms with Crippen LogP contribution < -0.4 is 0 Å². The van der Waals surface area contributed by atoms with Crippen molar-refractivity contribution in [3.05, 3.63) is 167 Å². The van der Waals surface area contributed by atoms with Crippen LogP contribution in [-0.2, 0) is 5.41 Å². The third-order valence-electron chi connectivity index (χ3n) is 10.7. The molecule has 0 amide bonds. The standard InChI is InChI=1S/C52H49N3O/c1-32(2)38-21-22-47(44(30-38)37-13-10-9-11-14-37)55-48-16-12-15-43(49(48)54-51(55)45-26-34(4)25-35(5)50(45)56)40-27-41(29-42(28-40)52(6,7)8)46-31-39(23-24-53-46)36-19-17-33(3)18-20-36/h9-32,56H,1-8H3/i3D3,32D. The van der Waals surface area contributed by atoms with E-state index in [1.807, 2.05) is 82.3 Å². The quantitative estimate of drug-likeness (QED) is 0.177. The molecular weight excluding hydrogens is 683 g/mol. The van der Waals surface area contributed by atoms with Crippen LogP contribution in [0.5, 0.6) is 5.75 Å². The molecule has 0 unspecified atom stereocenters. The average Bonchev–Trinajstić information content (AvgIpc) is 3.60. The van der Waals surface area contributed by atoms with Gasteiger partial charge in [-0.2, -0.15) is 0 Å². The van der Waals surface area contributed by atoms with E-state index < -0.39 is 12.7 Å². The number of aromatic hydroxyl groups is 1. The summed E-state index contributed by atoms with van der Waals surface area (Å²) in [5.74, 6) is -0.0297. The second kappa shape index (κ2) is 14.4. The Balaban J connectivity index is 1.38. The highest BCUT2D eigenvalue weighted by molar-refractivity contribution is 5.98. The molecule has 1 N–H and O–H groups in total. The van der Waals surface area contributed by atoms with Crippen LogP contribution >= 0.6 is 0 Å². The van der Waals surface area contributed by atoms with Crippen LogP contribution in [-0.4, -0.2) is 19.6 Å². The van der Waals surface area contributed by atoms with Gasteiger partial charge in [-0.1, -0.05) is 125 Å². The molecule has 2 heterocycles. The van der Waals surface area contributed by atoms with Gasteiger partial charge in [-0.3, -0.25) is 9.55 Å². The predicted octanol–water partition coefficient (Wildman–Crippen LogP) is 13.8. The minimum atomic E-state index is -2.17. The highest BCUT2D eigenvalue weighted by Gasteiger charge is 2.24.